The Morgan fingerprint density at radius 3 is 2.79 bits per heavy atom. The lowest BCUT2D eigenvalue weighted by molar-refractivity contribution is 0.0601. The van der Waals surface area contributed by atoms with Gasteiger partial charge in [-0.15, -0.1) is 0 Å². The van der Waals surface area contributed by atoms with Gasteiger partial charge in [0.2, 0.25) is 0 Å². The molecule has 3 heterocycles. The fraction of sp³-hybridized carbons (Fsp3) is 0.292. The number of piperidine rings is 1. The van der Waals surface area contributed by atoms with Crippen molar-refractivity contribution >= 4 is 5.91 Å². The lowest BCUT2D eigenvalue weighted by Crippen LogP contribution is -2.44. The smallest absolute Gasteiger partial charge is 0.254 e. The van der Waals surface area contributed by atoms with Gasteiger partial charge in [0.25, 0.3) is 5.91 Å². The van der Waals surface area contributed by atoms with Gasteiger partial charge in [0, 0.05) is 35.6 Å². The molecule has 4 rings (SSSR count). The van der Waals surface area contributed by atoms with E-state index in [-0.39, 0.29) is 17.7 Å². The third-order valence-electron chi connectivity index (χ3n) is 5.50. The van der Waals surface area contributed by atoms with Gasteiger partial charge in [0.05, 0.1) is 11.9 Å². The van der Waals surface area contributed by atoms with E-state index in [1.165, 1.54) is 6.20 Å². The number of hydrogen-bond donors (Lipinski definition) is 1. The molecule has 29 heavy (non-hydrogen) atoms. The van der Waals surface area contributed by atoms with Gasteiger partial charge >= 0.3 is 0 Å². The zero-order chi connectivity index (χ0) is 20.1. The van der Waals surface area contributed by atoms with Gasteiger partial charge in [0.1, 0.15) is 5.75 Å². The minimum Gasteiger partial charge on any atom is -0.506 e. The third kappa shape index (κ3) is 4.62. The fourth-order valence-corrected chi connectivity index (χ4v) is 3.96. The number of rotatable bonds is 5. The van der Waals surface area contributed by atoms with E-state index in [0.29, 0.717) is 5.56 Å². The molecule has 1 N–H and O–H groups in total. The molecule has 5 heteroatoms. The maximum Gasteiger partial charge on any atom is 0.254 e. The van der Waals surface area contributed by atoms with Crippen molar-refractivity contribution in [1.29, 1.82) is 0 Å². The van der Waals surface area contributed by atoms with Crippen LogP contribution in [0.4, 0.5) is 0 Å². The van der Waals surface area contributed by atoms with Gasteiger partial charge in [-0.3, -0.25) is 14.8 Å². The molecule has 2 aromatic heterocycles. The number of aryl methyl sites for hydroxylation is 1. The van der Waals surface area contributed by atoms with Crippen LogP contribution < -0.4 is 0 Å². The molecule has 5 nitrogen and oxygen atoms in total. The Morgan fingerprint density at radius 1 is 1.07 bits per heavy atom. The Kier molecular flexibility index (Phi) is 5.84. The van der Waals surface area contributed by atoms with Crippen LogP contribution >= 0.6 is 0 Å². The van der Waals surface area contributed by atoms with Gasteiger partial charge in [-0.2, -0.15) is 0 Å². The highest BCUT2D eigenvalue weighted by atomic mass is 16.3. The summed E-state index contributed by atoms with van der Waals surface area (Å²) in [5.41, 5.74) is 3.37. The highest BCUT2D eigenvalue weighted by Crippen LogP contribution is 2.25. The highest BCUT2D eigenvalue weighted by molar-refractivity contribution is 5.95. The van der Waals surface area contributed by atoms with E-state index in [2.05, 4.69) is 9.97 Å². The number of pyridine rings is 2. The predicted molar refractivity (Wildman–Crippen MR) is 113 cm³/mol. The van der Waals surface area contributed by atoms with Crippen molar-refractivity contribution in [2.45, 2.75) is 38.1 Å². The molecule has 0 saturated carbocycles. The summed E-state index contributed by atoms with van der Waals surface area (Å²) in [6.07, 6.45) is 8.30. The van der Waals surface area contributed by atoms with Crippen LogP contribution in [-0.4, -0.2) is 38.5 Å². The summed E-state index contributed by atoms with van der Waals surface area (Å²) in [5, 5.41) is 9.45. The SMILES string of the molecule is O=C(c1cccc(-c2ccc(O)cn2)c1)N1CCCCC1CCc1ccccn1. The van der Waals surface area contributed by atoms with E-state index in [9.17, 15) is 9.90 Å². The van der Waals surface area contributed by atoms with E-state index < -0.39 is 0 Å². The number of nitrogens with zero attached hydrogens (tertiary/aromatic N) is 3. The number of carbonyl (C=O) groups is 1. The quantitative estimate of drug-likeness (QED) is 0.701. The molecule has 1 fully saturated rings. The maximum atomic E-state index is 13.3. The molecule has 3 aromatic rings. The van der Waals surface area contributed by atoms with Crippen molar-refractivity contribution in [3.05, 3.63) is 78.2 Å². The Bertz CT molecular complexity index is 957. The normalized spacial score (nSPS) is 16.6. The lowest BCUT2D eigenvalue weighted by atomic mass is 9.95. The van der Waals surface area contributed by atoms with Crippen LogP contribution in [0.1, 0.15) is 41.7 Å². The van der Waals surface area contributed by atoms with Crippen LogP contribution in [0.2, 0.25) is 0 Å². The van der Waals surface area contributed by atoms with Gasteiger partial charge in [-0.1, -0.05) is 18.2 Å². The van der Waals surface area contributed by atoms with E-state index in [1.807, 2.05) is 53.6 Å². The van der Waals surface area contributed by atoms with Crippen molar-refractivity contribution in [1.82, 2.24) is 14.9 Å². The second-order valence-electron chi connectivity index (χ2n) is 7.49. The molecule has 1 aliphatic rings. The summed E-state index contributed by atoms with van der Waals surface area (Å²) in [7, 11) is 0. The predicted octanol–water partition coefficient (Wildman–Crippen LogP) is 4.48. The second-order valence-corrected chi connectivity index (χ2v) is 7.49. The Labute approximate surface area is 171 Å². The zero-order valence-electron chi connectivity index (χ0n) is 16.4. The van der Waals surface area contributed by atoms with Crippen molar-refractivity contribution in [2.24, 2.45) is 0 Å². The third-order valence-corrected chi connectivity index (χ3v) is 5.50. The maximum absolute atomic E-state index is 13.3. The molecule has 1 aromatic carbocycles. The van der Waals surface area contributed by atoms with Crippen molar-refractivity contribution in [3.8, 4) is 17.0 Å². The van der Waals surface area contributed by atoms with Crippen LogP contribution in [0, 0.1) is 0 Å². The van der Waals surface area contributed by atoms with Crippen molar-refractivity contribution in [3.63, 3.8) is 0 Å². The molecule has 0 radical (unpaired) electrons. The Morgan fingerprint density at radius 2 is 2.00 bits per heavy atom. The zero-order valence-corrected chi connectivity index (χ0v) is 16.4. The fourth-order valence-electron chi connectivity index (χ4n) is 3.96. The van der Waals surface area contributed by atoms with E-state index in [4.69, 9.17) is 0 Å². The lowest BCUT2D eigenvalue weighted by Gasteiger charge is -2.36. The number of hydrogen-bond acceptors (Lipinski definition) is 4. The molecule has 0 aliphatic carbocycles. The number of benzene rings is 1. The Balaban J connectivity index is 1.50. The second kappa shape index (κ2) is 8.86. The van der Waals surface area contributed by atoms with Crippen molar-refractivity contribution < 1.29 is 9.90 Å². The molecule has 1 unspecified atom stereocenters. The van der Waals surface area contributed by atoms with Crippen LogP contribution in [0.25, 0.3) is 11.3 Å². The number of aromatic nitrogens is 2. The van der Waals surface area contributed by atoms with E-state index in [1.54, 1.807) is 12.1 Å². The molecule has 1 saturated heterocycles. The standard InChI is InChI=1S/C24H25N3O2/c28-22-12-13-23(26-17-22)18-6-5-7-19(16-18)24(29)27-15-4-2-9-21(27)11-10-20-8-1-3-14-25-20/h1,3,5-8,12-14,16-17,21,28H,2,4,9-11,15H2. The van der Waals surface area contributed by atoms with E-state index >= 15 is 0 Å². The Hall–Kier alpha value is -3.21. The average molecular weight is 387 g/mol. The summed E-state index contributed by atoms with van der Waals surface area (Å²) in [4.78, 5) is 24.0. The van der Waals surface area contributed by atoms with Gasteiger partial charge < -0.3 is 10.0 Å². The largest absolute Gasteiger partial charge is 0.506 e. The molecule has 1 amide bonds. The summed E-state index contributed by atoms with van der Waals surface area (Å²) in [6.45, 7) is 0.799. The summed E-state index contributed by atoms with van der Waals surface area (Å²) in [5.74, 6) is 0.210. The van der Waals surface area contributed by atoms with Gasteiger partial charge in [0.15, 0.2) is 0 Å². The minimum absolute atomic E-state index is 0.0800. The number of likely N-dealkylation sites (tertiary alicyclic amines) is 1. The first-order valence-electron chi connectivity index (χ1n) is 10.2. The molecular formula is C24H25N3O2. The molecule has 0 spiro atoms. The van der Waals surface area contributed by atoms with E-state index in [0.717, 1.165) is 55.6 Å². The minimum atomic E-state index is 0.0800. The van der Waals surface area contributed by atoms with Crippen molar-refractivity contribution in [2.75, 3.05) is 6.54 Å². The first kappa shape index (κ1) is 19.1. The molecule has 1 atom stereocenters. The monoisotopic (exact) mass is 387 g/mol. The molecule has 0 bridgehead atoms. The first-order chi connectivity index (χ1) is 14.2. The van der Waals surface area contributed by atoms with Crippen LogP contribution in [0.3, 0.4) is 0 Å². The summed E-state index contributed by atoms with van der Waals surface area (Å²) < 4.78 is 0. The molecular weight excluding hydrogens is 362 g/mol. The molecule has 148 valence electrons. The first-order valence-corrected chi connectivity index (χ1v) is 10.2. The van der Waals surface area contributed by atoms with Crippen LogP contribution in [0.5, 0.6) is 5.75 Å². The number of amides is 1. The summed E-state index contributed by atoms with van der Waals surface area (Å²) >= 11 is 0. The van der Waals surface area contributed by atoms with Crippen LogP contribution in [-0.2, 0) is 6.42 Å². The topological polar surface area (TPSA) is 66.3 Å². The van der Waals surface area contributed by atoms with Crippen LogP contribution in [0.15, 0.2) is 67.0 Å². The summed E-state index contributed by atoms with van der Waals surface area (Å²) in [6, 6.07) is 17.2. The number of aromatic hydroxyl groups is 1. The van der Waals surface area contributed by atoms with Gasteiger partial charge in [-0.05, 0) is 68.5 Å². The molecule has 1 aliphatic heterocycles. The number of carbonyl (C=O) groups excluding carboxylic acids is 1. The average Bonchev–Trinajstić information content (AvgIpc) is 2.79. The van der Waals surface area contributed by atoms with Gasteiger partial charge in [-0.25, -0.2) is 0 Å². The highest BCUT2D eigenvalue weighted by Gasteiger charge is 2.27.